The molecule has 1 aromatic carbocycles. The SMILES string of the molecule is O=C1CC2(C(=O)Nc3ccccc32)c2cn[nH]c2N1. The summed E-state index contributed by atoms with van der Waals surface area (Å²) >= 11 is 0. The fraction of sp³-hybridized carbons (Fsp3) is 0.154. The van der Waals surface area contributed by atoms with Gasteiger partial charge in [0.05, 0.1) is 6.20 Å². The number of aromatic nitrogens is 2. The zero-order valence-electron chi connectivity index (χ0n) is 9.86. The molecule has 2 aliphatic rings. The van der Waals surface area contributed by atoms with E-state index in [1.54, 1.807) is 6.20 Å². The first kappa shape index (κ1) is 10.3. The number of carbonyl (C=O) groups is 2. The van der Waals surface area contributed by atoms with Gasteiger partial charge < -0.3 is 10.6 Å². The second-order valence-electron chi connectivity index (χ2n) is 4.79. The van der Waals surface area contributed by atoms with Crippen molar-refractivity contribution in [1.29, 1.82) is 0 Å². The Morgan fingerprint density at radius 1 is 1.11 bits per heavy atom. The van der Waals surface area contributed by atoms with Gasteiger partial charge in [0.2, 0.25) is 11.8 Å². The maximum Gasteiger partial charge on any atom is 0.240 e. The molecule has 0 radical (unpaired) electrons. The van der Waals surface area contributed by atoms with Crippen molar-refractivity contribution >= 4 is 23.3 Å². The highest BCUT2D eigenvalue weighted by atomic mass is 16.2. The number of carbonyl (C=O) groups excluding carboxylic acids is 2. The Hall–Kier alpha value is -2.63. The molecule has 1 atom stereocenters. The van der Waals surface area contributed by atoms with Crippen LogP contribution in [-0.4, -0.2) is 22.0 Å². The van der Waals surface area contributed by atoms with E-state index in [2.05, 4.69) is 20.8 Å². The highest BCUT2D eigenvalue weighted by Gasteiger charge is 2.53. The molecule has 94 valence electrons. The summed E-state index contributed by atoms with van der Waals surface area (Å²) in [6, 6.07) is 7.45. The van der Waals surface area contributed by atoms with E-state index in [-0.39, 0.29) is 18.2 Å². The molecule has 0 aliphatic carbocycles. The van der Waals surface area contributed by atoms with Crippen molar-refractivity contribution in [1.82, 2.24) is 10.2 Å². The molecule has 19 heavy (non-hydrogen) atoms. The standard InChI is InChI=1S/C13H10N4O2/c18-10-5-13(8-6-14-17-11(8)16-10)7-3-1-2-4-9(7)15-12(13)19/h1-4,6H,5H2,(H,15,19)(H2,14,16,17,18). The Kier molecular flexibility index (Phi) is 1.75. The number of nitrogens with one attached hydrogen (secondary N) is 3. The average Bonchev–Trinajstić information content (AvgIpc) is 2.95. The molecule has 1 aromatic heterocycles. The lowest BCUT2D eigenvalue weighted by molar-refractivity contribution is -0.125. The van der Waals surface area contributed by atoms with Crippen LogP contribution in [0, 0.1) is 0 Å². The van der Waals surface area contributed by atoms with E-state index in [0.717, 1.165) is 16.8 Å². The first-order valence-electron chi connectivity index (χ1n) is 5.96. The van der Waals surface area contributed by atoms with Crippen molar-refractivity contribution in [3.05, 3.63) is 41.6 Å². The quantitative estimate of drug-likeness (QED) is 0.655. The Morgan fingerprint density at radius 3 is 2.84 bits per heavy atom. The van der Waals surface area contributed by atoms with Crippen LogP contribution in [-0.2, 0) is 15.0 Å². The average molecular weight is 254 g/mol. The van der Waals surface area contributed by atoms with Gasteiger partial charge in [0.25, 0.3) is 0 Å². The van der Waals surface area contributed by atoms with Gasteiger partial charge in [-0.15, -0.1) is 0 Å². The summed E-state index contributed by atoms with van der Waals surface area (Å²) in [5.74, 6) is 0.137. The van der Waals surface area contributed by atoms with Crippen LogP contribution in [0.2, 0.25) is 0 Å². The molecule has 6 heteroatoms. The summed E-state index contributed by atoms with van der Waals surface area (Å²) in [5.41, 5.74) is 1.35. The van der Waals surface area contributed by atoms with Crippen molar-refractivity contribution in [2.75, 3.05) is 10.6 Å². The Balaban J connectivity index is 2.06. The molecule has 0 saturated carbocycles. The minimum Gasteiger partial charge on any atom is -0.325 e. The van der Waals surface area contributed by atoms with Crippen LogP contribution in [0.3, 0.4) is 0 Å². The molecule has 6 nitrogen and oxygen atoms in total. The number of nitrogens with zero attached hydrogens (tertiary/aromatic N) is 1. The van der Waals surface area contributed by atoms with Gasteiger partial charge in [0.1, 0.15) is 11.2 Å². The Labute approximate surface area is 108 Å². The van der Waals surface area contributed by atoms with Crippen LogP contribution in [0.1, 0.15) is 17.5 Å². The van der Waals surface area contributed by atoms with E-state index in [9.17, 15) is 9.59 Å². The number of aromatic amines is 1. The normalized spacial score (nSPS) is 23.8. The summed E-state index contributed by atoms with van der Waals surface area (Å²) in [5, 5.41) is 12.2. The third kappa shape index (κ3) is 1.13. The zero-order chi connectivity index (χ0) is 13.0. The van der Waals surface area contributed by atoms with E-state index >= 15 is 0 Å². The highest BCUT2D eigenvalue weighted by molar-refractivity contribution is 6.14. The van der Waals surface area contributed by atoms with Crippen LogP contribution < -0.4 is 10.6 Å². The van der Waals surface area contributed by atoms with Gasteiger partial charge in [-0.1, -0.05) is 18.2 Å². The molecule has 0 saturated heterocycles. The van der Waals surface area contributed by atoms with Gasteiger partial charge in [0, 0.05) is 17.7 Å². The maximum atomic E-state index is 12.5. The molecule has 3 N–H and O–H groups in total. The highest BCUT2D eigenvalue weighted by Crippen LogP contribution is 2.48. The third-order valence-electron chi connectivity index (χ3n) is 3.81. The molecule has 1 spiro atoms. The summed E-state index contributed by atoms with van der Waals surface area (Å²) in [6.07, 6.45) is 1.71. The molecule has 0 bridgehead atoms. The van der Waals surface area contributed by atoms with Gasteiger partial charge in [-0.2, -0.15) is 5.10 Å². The van der Waals surface area contributed by atoms with E-state index in [4.69, 9.17) is 0 Å². The minimum absolute atomic E-state index is 0.0996. The Morgan fingerprint density at radius 2 is 1.95 bits per heavy atom. The number of anilines is 2. The van der Waals surface area contributed by atoms with Crippen molar-refractivity contribution in [3.63, 3.8) is 0 Å². The van der Waals surface area contributed by atoms with Crippen LogP contribution in [0.5, 0.6) is 0 Å². The second-order valence-corrected chi connectivity index (χ2v) is 4.79. The third-order valence-corrected chi connectivity index (χ3v) is 3.81. The van der Waals surface area contributed by atoms with Crippen molar-refractivity contribution in [2.24, 2.45) is 0 Å². The predicted octanol–water partition coefficient (Wildman–Crippen LogP) is 0.990. The topological polar surface area (TPSA) is 86.9 Å². The van der Waals surface area contributed by atoms with E-state index < -0.39 is 5.41 Å². The lowest BCUT2D eigenvalue weighted by Gasteiger charge is -2.30. The van der Waals surface area contributed by atoms with Crippen LogP contribution in [0.4, 0.5) is 11.5 Å². The number of rotatable bonds is 0. The fourth-order valence-electron chi connectivity index (χ4n) is 2.98. The molecular formula is C13H10N4O2. The summed E-state index contributed by atoms with van der Waals surface area (Å²) < 4.78 is 0. The van der Waals surface area contributed by atoms with Crippen LogP contribution >= 0.6 is 0 Å². The van der Waals surface area contributed by atoms with Gasteiger partial charge in [-0.3, -0.25) is 14.7 Å². The molecule has 2 aliphatic heterocycles. The first-order valence-corrected chi connectivity index (χ1v) is 5.96. The zero-order valence-corrected chi connectivity index (χ0v) is 9.86. The number of H-pyrrole nitrogens is 1. The summed E-state index contributed by atoms with van der Waals surface area (Å²) in [7, 11) is 0. The monoisotopic (exact) mass is 254 g/mol. The van der Waals surface area contributed by atoms with E-state index in [1.165, 1.54) is 0 Å². The van der Waals surface area contributed by atoms with Gasteiger partial charge in [-0.05, 0) is 11.6 Å². The smallest absolute Gasteiger partial charge is 0.240 e. The molecular weight excluding hydrogens is 244 g/mol. The van der Waals surface area contributed by atoms with E-state index in [1.807, 2.05) is 24.3 Å². The largest absolute Gasteiger partial charge is 0.325 e. The van der Waals surface area contributed by atoms with Crippen molar-refractivity contribution in [3.8, 4) is 0 Å². The predicted molar refractivity (Wildman–Crippen MR) is 67.7 cm³/mol. The minimum atomic E-state index is -0.957. The number of fused-ring (bicyclic) bond motifs is 4. The summed E-state index contributed by atoms with van der Waals surface area (Å²) in [6.45, 7) is 0. The molecule has 1 unspecified atom stereocenters. The second kappa shape index (κ2) is 3.23. The number of hydrogen-bond acceptors (Lipinski definition) is 3. The van der Waals surface area contributed by atoms with Gasteiger partial charge in [-0.25, -0.2) is 0 Å². The van der Waals surface area contributed by atoms with Crippen molar-refractivity contribution < 1.29 is 9.59 Å². The van der Waals surface area contributed by atoms with Gasteiger partial charge >= 0.3 is 0 Å². The number of para-hydroxylation sites is 1. The van der Waals surface area contributed by atoms with E-state index in [0.29, 0.717) is 5.82 Å². The van der Waals surface area contributed by atoms with Crippen LogP contribution in [0.15, 0.2) is 30.5 Å². The molecule has 0 fully saturated rings. The van der Waals surface area contributed by atoms with Crippen LogP contribution in [0.25, 0.3) is 0 Å². The van der Waals surface area contributed by atoms with Gasteiger partial charge in [0.15, 0.2) is 0 Å². The molecule has 3 heterocycles. The first-order chi connectivity index (χ1) is 9.22. The lowest BCUT2D eigenvalue weighted by atomic mass is 9.72. The number of benzene rings is 1. The molecule has 4 rings (SSSR count). The summed E-state index contributed by atoms with van der Waals surface area (Å²) in [4.78, 5) is 24.4. The molecule has 2 amide bonds. The fourth-order valence-corrected chi connectivity index (χ4v) is 2.98. The molecule has 2 aromatic rings. The number of amides is 2. The van der Waals surface area contributed by atoms with Crippen molar-refractivity contribution in [2.45, 2.75) is 11.8 Å². The number of hydrogen-bond donors (Lipinski definition) is 3. The Bertz CT molecular complexity index is 721. The lowest BCUT2D eigenvalue weighted by Crippen LogP contribution is -2.43. The maximum absolute atomic E-state index is 12.5.